The smallest absolute Gasteiger partial charge is 0.352 e. The highest BCUT2D eigenvalue weighted by Crippen LogP contribution is 2.41. The number of anilines is 1. The quantitative estimate of drug-likeness (QED) is 0.106. The molecule has 3 aliphatic rings. The Labute approximate surface area is 233 Å². The zero-order valence-electron chi connectivity index (χ0n) is 20.1. The lowest BCUT2D eigenvalue weighted by molar-refractivity contribution is -0.150. The minimum Gasteiger partial charge on any atom is -0.479 e. The predicted octanol–water partition coefficient (Wildman–Crippen LogP) is -1.61. The summed E-state index contributed by atoms with van der Waals surface area (Å²) in [6.07, 6.45) is 1.10. The summed E-state index contributed by atoms with van der Waals surface area (Å²) in [4.78, 5) is 64.7. The fourth-order valence-corrected chi connectivity index (χ4v) is 6.74. The Kier molecular flexibility index (Phi) is 8.33. The number of amidine groups is 1. The summed E-state index contributed by atoms with van der Waals surface area (Å²) in [5.74, 6) is -3.36. The standard InChI is InChI=1S/C20H23N9O7S3/c1-28-10(22)2-9(21)25-20(28)39-5-7-4-37-17-13(16(33)29(17)14(7)18(34)35)26-15(32)12(27-36-3-11(30)31)8-6-38-19(23)24-8/h2,6,10,13,17H,3-5,21-22H2,1H3,(H2,23,24)(H,26,32)(H,30,31)(H,34,35)/b27-12-/t10?,13?,17-/m0/s1. The molecular formula is C20H23N9O7S3. The second-order valence-electron chi connectivity index (χ2n) is 8.17. The van der Waals surface area contributed by atoms with Crippen LogP contribution in [0.5, 0.6) is 0 Å². The van der Waals surface area contributed by atoms with Gasteiger partial charge in [0.15, 0.2) is 16.0 Å². The van der Waals surface area contributed by atoms with Crippen LogP contribution in [-0.2, 0) is 24.0 Å². The molecule has 1 aromatic rings. The third kappa shape index (κ3) is 5.95. The van der Waals surface area contributed by atoms with Crippen molar-refractivity contribution in [1.29, 1.82) is 0 Å². The van der Waals surface area contributed by atoms with Crippen molar-refractivity contribution >= 4 is 74.6 Å². The van der Waals surface area contributed by atoms with Crippen LogP contribution in [0.25, 0.3) is 0 Å². The SMILES string of the molecule is CN1C(SCC2=C(C(=O)O)N3C(=O)C(NC(=O)/C(=N\OCC(=O)O)c4csc(N)n4)[C@@H]3SC2)=NC(N)=CC1N. The normalized spacial score (nSPS) is 23.0. The highest BCUT2D eigenvalue weighted by Gasteiger charge is 2.54. The molecule has 0 aromatic carbocycles. The Hall–Kier alpha value is -3.81. The summed E-state index contributed by atoms with van der Waals surface area (Å²) >= 11 is 3.54. The van der Waals surface area contributed by atoms with Gasteiger partial charge in [-0.15, -0.1) is 23.1 Å². The number of aliphatic carboxylic acids is 2. The van der Waals surface area contributed by atoms with E-state index < -0.39 is 47.9 Å². The van der Waals surface area contributed by atoms with E-state index in [1.165, 1.54) is 28.9 Å². The highest BCUT2D eigenvalue weighted by atomic mass is 32.2. The summed E-state index contributed by atoms with van der Waals surface area (Å²) in [5, 5.41) is 26.1. The van der Waals surface area contributed by atoms with Crippen molar-refractivity contribution in [2.45, 2.75) is 17.6 Å². The molecule has 0 radical (unpaired) electrons. The van der Waals surface area contributed by atoms with Crippen LogP contribution >= 0.6 is 34.9 Å². The lowest BCUT2D eigenvalue weighted by atomic mass is 10.0. The van der Waals surface area contributed by atoms with E-state index in [-0.39, 0.29) is 39.6 Å². The highest BCUT2D eigenvalue weighted by molar-refractivity contribution is 8.14. The van der Waals surface area contributed by atoms with Gasteiger partial charge >= 0.3 is 11.9 Å². The van der Waals surface area contributed by atoms with Crippen molar-refractivity contribution in [2.75, 3.05) is 30.9 Å². The van der Waals surface area contributed by atoms with Crippen molar-refractivity contribution < 1.29 is 34.2 Å². The van der Waals surface area contributed by atoms with Crippen molar-refractivity contribution in [1.82, 2.24) is 20.1 Å². The molecule has 39 heavy (non-hydrogen) atoms. The predicted molar refractivity (Wildman–Crippen MR) is 144 cm³/mol. The fraction of sp³-hybridized carbons (Fsp3) is 0.350. The number of fused-ring (bicyclic) bond motifs is 1. The summed E-state index contributed by atoms with van der Waals surface area (Å²) < 4.78 is 0. The summed E-state index contributed by atoms with van der Waals surface area (Å²) in [5.41, 5.74) is 17.4. The number of likely N-dealkylation sites (N-methyl/N-ethyl adjacent to an activating group) is 1. The zero-order valence-corrected chi connectivity index (χ0v) is 22.6. The summed E-state index contributed by atoms with van der Waals surface area (Å²) in [6.45, 7) is -0.810. The molecule has 9 N–H and O–H groups in total. The third-order valence-corrected chi connectivity index (χ3v) is 8.69. The van der Waals surface area contributed by atoms with Crippen LogP contribution in [-0.4, -0.2) is 102 Å². The van der Waals surface area contributed by atoms with E-state index in [1.807, 2.05) is 0 Å². The molecule has 3 atom stereocenters. The van der Waals surface area contributed by atoms with Gasteiger partial charge in [0, 0.05) is 23.9 Å². The Morgan fingerprint density at radius 2 is 2.08 bits per heavy atom. The minimum absolute atomic E-state index is 0.0246. The van der Waals surface area contributed by atoms with Crippen LogP contribution in [0.4, 0.5) is 5.13 Å². The second-order valence-corrected chi connectivity index (χ2v) is 11.1. The molecule has 0 aliphatic carbocycles. The van der Waals surface area contributed by atoms with Gasteiger partial charge in [0.25, 0.3) is 11.8 Å². The van der Waals surface area contributed by atoms with E-state index in [0.29, 0.717) is 10.7 Å². The van der Waals surface area contributed by atoms with E-state index in [4.69, 9.17) is 27.1 Å². The number of carboxylic acids is 2. The molecule has 16 nitrogen and oxygen atoms in total. The molecule has 0 bridgehead atoms. The average molecular weight is 598 g/mol. The monoisotopic (exact) mass is 597 g/mol. The number of nitrogens with zero attached hydrogens (tertiary/aromatic N) is 5. The van der Waals surface area contributed by atoms with Gasteiger partial charge in [-0.05, 0) is 11.6 Å². The Balaban J connectivity index is 1.49. The first-order chi connectivity index (χ1) is 18.5. The Morgan fingerprint density at radius 3 is 2.72 bits per heavy atom. The van der Waals surface area contributed by atoms with Gasteiger partial charge in [0.2, 0.25) is 6.61 Å². The number of aromatic nitrogens is 1. The van der Waals surface area contributed by atoms with E-state index >= 15 is 0 Å². The lowest BCUT2D eigenvalue weighted by Crippen LogP contribution is -2.71. The van der Waals surface area contributed by atoms with Gasteiger partial charge in [-0.3, -0.25) is 14.5 Å². The molecule has 1 fully saturated rings. The number of amides is 2. The molecule has 0 saturated carbocycles. The molecule has 2 unspecified atom stereocenters. The summed E-state index contributed by atoms with van der Waals surface area (Å²) in [6, 6.07) is -1.07. The van der Waals surface area contributed by atoms with E-state index in [9.17, 15) is 24.3 Å². The van der Waals surface area contributed by atoms with Crippen molar-refractivity contribution in [2.24, 2.45) is 21.6 Å². The molecule has 1 aromatic heterocycles. The van der Waals surface area contributed by atoms with Gasteiger partial charge in [0.05, 0.1) is 0 Å². The number of carbonyl (C=O) groups is 4. The number of nitrogens with one attached hydrogen (secondary N) is 1. The molecule has 0 spiro atoms. The zero-order chi connectivity index (χ0) is 28.4. The molecule has 3 aliphatic heterocycles. The van der Waals surface area contributed by atoms with Gasteiger partial charge < -0.3 is 42.5 Å². The number of oxime groups is 1. The Morgan fingerprint density at radius 1 is 1.33 bits per heavy atom. The maximum Gasteiger partial charge on any atom is 0.352 e. The van der Waals surface area contributed by atoms with Crippen LogP contribution in [0.15, 0.2) is 38.7 Å². The molecule has 208 valence electrons. The number of thioether (sulfide) groups is 2. The second kappa shape index (κ2) is 11.5. The largest absolute Gasteiger partial charge is 0.479 e. The maximum absolute atomic E-state index is 13.0. The number of carboxylic acid groups (broad SMARTS) is 2. The van der Waals surface area contributed by atoms with Crippen molar-refractivity contribution in [3.63, 3.8) is 0 Å². The first-order valence-corrected chi connectivity index (χ1v) is 13.9. The van der Waals surface area contributed by atoms with Crippen LogP contribution in [0, 0.1) is 0 Å². The number of hydrogen-bond donors (Lipinski definition) is 6. The lowest BCUT2D eigenvalue weighted by Gasteiger charge is -2.49. The maximum atomic E-state index is 13.0. The van der Waals surface area contributed by atoms with Crippen LogP contribution < -0.4 is 22.5 Å². The Bertz CT molecular complexity index is 1340. The van der Waals surface area contributed by atoms with Crippen molar-refractivity contribution in [3.05, 3.63) is 34.2 Å². The minimum atomic E-state index is -1.31. The van der Waals surface area contributed by atoms with E-state index in [0.717, 1.165) is 16.2 Å². The van der Waals surface area contributed by atoms with Gasteiger partial charge in [-0.2, -0.15) is 0 Å². The molecule has 4 rings (SSSR count). The number of hydrogen-bond acceptors (Lipinski definition) is 15. The number of rotatable bonds is 9. The van der Waals surface area contributed by atoms with Crippen LogP contribution in [0.1, 0.15) is 5.69 Å². The number of nitrogen functional groups attached to an aromatic ring is 1. The number of thiazole rings is 1. The number of β-lactam (4-membered cyclic amide) rings is 1. The first-order valence-electron chi connectivity index (χ1n) is 11.0. The first kappa shape index (κ1) is 28.2. The topological polar surface area (TPSA) is 252 Å². The molecule has 4 heterocycles. The van der Waals surface area contributed by atoms with Crippen LogP contribution in [0.3, 0.4) is 0 Å². The van der Waals surface area contributed by atoms with Crippen molar-refractivity contribution in [3.8, 4) is 0 Å². The van der Waals surface area contributed by atoms with Gasteiger partial charge in [0.1, 0.15) is 34.8 Å². The van der Waals surface area contributed by atoms with Gasteiger partial charge in [-0.25, -0.2) is 19.6 Å². The number of aliphatic imine (C=N–C) groups is 1. The fourth-order valence-electron chi connectivity index (χ4n) is 3.68. The number of carbonyl (C=O) groups excluding carboxylic acids is 2. The third-order valence-electron chi connectivity index (χ3n) is 5.55. The average Bonchev–Trinajstić information content (AvgIpc) is 3.30. The molecule has 19 heteroatoms. The van der Waals surface area contributed by atoms with E-state index in [1.54, 1.807) is 18.0 Å². The number of nitrogens with two attached hydrogens (primary N) is 3. The summed E-state index contributed by atoms with van der Waals surface area (Å²) in [7, 11) is 1.73. The van der Waals surface area contributed by atoms with E-state index in [2.05, 4.69) is 20.4 Å². The molecule has 1 saturated heterocycles. The molecular weight excluding hydrogens is 574 g/mol. The van der Waals surface area contributed by atoms with Gasteiger partial charge in [-0.1, -0.05) is 16.9 Å². The molecule has 2 amide bonds. The van der Waals surface area contributed by atoms with Crippen LogP contribution in [0.2, 0.25) is 0 Å².